The van der Waals surface area contributed by atoms with Gasteiger partial charge in [0.2, 0.25) is 11.7 Å². The van der Waals surface area contributed by atoms with Crippen LogP contribution < -0.4 is 24.4 Å². The lowest BCUT2D eigenvalue weighted by molar-refractivity contribution is -0.117. The van der Waals surface area contributed by atoms with Crippen molar-refractivity contribution in [3.63, 3.8) is 0 Å². The normalized spacial score (nSPS) is 13.6. The third-order valence-electron chi connectivity index (χ3n) is 4.45. The van der Waals surface area contributed by atoms with Crippen molar-refractivity contribution < 1.29 is 23.8 Å². The average Bonchev–Trinajstić information content (AvgIpc) is 3.32. The first-order valence-electron chi connectivity index (χ1n) is 8.93. The van der Waals surface area contributed by atoms with Crippen LogP contribution in [0.4, 0.5) is 10.8 Å². The second-order valence-electron chi connectivity index (χ2n) is 6.14. The van der Waals surface area contributed by atoms with Crippen LogP contribution in [-0.2, 0) is 11.2 Å². The highest BCUT2D eigenvalue weighted by molar-refractivity contribution is 7.18. The fourth-order valence-electron chi connectivity index (χ4n) is 3.06. The summed E-state index contributed by atoms with van der Waals surface area (Å²) in [6.07, 6.45) is 1.93. The molecule has 2 aromatic rings. The monoisotopic (exact) mass is 405 g/mol. The van der Waals surface area contributed by atoms with E-state index in [4.69, 9.17) is 14.2 Å². The van der Waals surface area contributed by atoms with Crippen molar-refractivity contribution in [3.05, 3.63) is 22.7 Å². The minimum atomic E-state index is -0.290. The van der Waals surface area contributed by atoms with Gasteiger partial charge in [-0.05, 0) is 12.8 Å². The van der Waals surface area contributed by atoms with Crippen LogP contribution in [0, 0.1) is 0 Å². The fourth-order valence-corrected chi connectivity index (χ4v) is 4.16. The molecule has 0 atom stereocenters. The Kier molecular flexibility index (Phi) is 6.03. The average molecular weight is 405 g/mol. The number of benzene rings is 1. The van der Waals surface area contributed by atoms with Crippen molar-refractivity contribution in [1.29, 1.82) is 0 Å². The highest BCUT2D eigenvalue weighted by Crippen LogP contribution is 2.40. The highest BCUT2D eigenvalue weighted by Gasteiger charge is 2.27. The molecule has 1 aliphatic heterocycles. The lowest BCUT2D eigenvalue weighted by atomic mass is 10.2. The molecule has 1 saturated heterocycles. The molecule has 1 aromatic carbocycles. The van der Waals surface area contributed by atoms with Crippen LogP contribution >= 0.6 is 11.3 Å². The van der Waals surface area contributed by atoms with Gasteiger partial charge in [0, 0.05) is 30.8 Å². The number of carbonyl (C=O) groups excluding carboxylic acids is 2. The van der Waals surface area contributed by atoms with Gasteiger partial charge in [0.15, 0.2) is 16.6 Å². The van der Waals surface area contributed by atoms with E-state index in [1.165, 1.54) is 32.7 Å². The van der Waals surface area contributed by atoms with E-state index in [-0.39, 0.29) is 11.8 Å². The predicted molar refractivity (Wildman–Crippen MR) is 107 cm³/mol. The molecule has 2 amide bonds. The van der Waals surface area contributed by atoms with E-state index in [2.05, 4.69) is 10.3 Å². The number of hydrogen-bond acceptors (Lipinski definition) is 7. The Bertz CT molecular complexity index is 871. The van der Waals surface area contributed by atoms with Gasteiger partial charge in [-0.25, -0.2) is 4.98 Å². The largest absolute Gasteiger partial charge is 0.493 e. The summed E-state index contributed by atoms with van der Waals surface area (Å²) in [6.45, 7) is 2.57. The Morgan fingerprint density at radius 1 is 1.21 bits per heavy atom. The quantitative estimate of drug-likeness (QED) is 0.761. The van der Waals surface area contributed by atoms with E-state index in [1.807, 2.05) is 6.92 Å². The Labute approximate surface area is 167 Å². The summed E-state index contributed by atoms with van der Waals surface area (Å²) in [5.74, 6) is 1.10. The topological polar surface area (TPSA) is 90.0 Å². The summed E-state index contributed by atoms with van der Waals surface area (Å²) in [6, 6.07) is 3.33. The molecule has 9 heteroatoms. The Morgan fingerprint density at radius 3 is 2.39 bits per heavy atom. The summed E-state index contributed by atoms with van der Waals surface area (Å²) >= 11 is 1.23. The van der Waals surface area contributed by atoms with Crippen molar-refractivity contribution >= 4 is 34.0 Å². The Morgan fingerprint density at radius 2 is 1.89 bits per heavy atom. The summed E-state index contributed by atoms with van der Waals surface area (Å²) < 4.78 is 16.0. The standard InChI is InChI=1S/C19H23N3O5S/c1-5-12-17(28-19(21-12)22-8-6-7-15(22)23)18(24)20-11-9-13(25-2)16(27-4)14(10-11)26-3/h9-10H,5-8H2,1-4H3,(H,20,24). The number of amides is 2. The van der Waals surface area contributed by atoms with Gasteiger partial charge < -0.3 is 19.5 Å². The number of nitrogens with zero attached hydrogens (tertiary/aromatic N) is 2. The lowest BCUT2D eigenvalue weighted by Gasteiger charge is -2.14. The Hall–Kier alpha value is -2.81. The van der Waals surface area contributed by atoms with Gasteiger partial charge in [0.25, 0.3) is 5.91 Å². The Balaban J connectivity index is 1.89. The number of methoxy groups -OCH3 is 3. The summed E-state index contributed by atoms with van der Waals surface area (Å²) in [5.41, 5.74) is 1.18. The van der Waals surface area contributed by atoms with Crippen molar-refractivity contribution in [2.45, 2.75) is 26.2 Å². The SMILES string of the molecule is CCc1nc(N2CCCC2=O)sc1C(=O)Nc1cc(OC)c(OC)c(OC)c1. The molecule has 1 N–H and O–H groups in total. The smallest absolute Gasteiger partial charge is 0.267 e. The molecule has 1 aromatic heterocycles. The first-order valence-corrected chi connectivity index (χ1v) is 9.75. The number of nitrogens with one attached hydrogen (secondary N) is 1. The van der Waals surface area contributed by atoms with Crippen LogP contribution in [0.3, 0.4) is 0 Å². The van der Waals surface area contributed by atoms with Crippen molar-refractivity contribution in [3.8, 4) is 17.2 Å². The number of carbonyl (C=O) groups is 2. The van der Waals surface area contributed by atoms with Gasteiger partial charge in [0.05, 0.1) is 27.0 Å². The maximum atomic E-state index is 12.9. The van der Waals surface area contributed by atoms with Crippen molar-refractivity contribution in [1.82, 2.24) is 4.98 Å². The van der Waals surface area contributed by atoms with Crippen LogP contribution in [0.1, 0.15) is 35.1 Å². The minimum Gasteiger partial charge on any atom is -0.493 e. The first-order chi connectivity index (χ1) is 13.5. The molecule has 0 bridgehead atoms. The molecule has 1 fully saturated rings. The highest BCUT2D eigenvalue weighted by atomic mass is 32.1. The third kappa shape index (κ3) is 3.75. The van der Waals surface area contributed by atoms with Crippen LogP contribution in [0.5, 0.6) is 17.2 Å². The van der Waals surface area contributed by atoms with E-state index in [1.54, 1.807) is 17.0 Å². The first kappa shape index (κ1) is 19.9. The zero-order valence-electron chi connectivity index (χ0n) is 16.3. The molecule has 0 aliphatic carbocycles. The summed E-state index contributed by atoms with van der Waals surface area (Å²) in [5, 5.41) is 3.44. The molecule has 0 spiro atoms. The van der Waals surface area contributed by atoms with Gasteiger partial charge in [-0.1, -0.05) is 18.3 Å². The van der Waals surface area contributed by atoms with Gasteiger partial charge >= 0.3 is 0 Å². The van der Waals surface area contributed by atoms with Gasteiger partial charge in [-0.3, -0.25) is 14.5 Å². The van der Waals surface area contributed by atoms with Crippen molar-refractivity contribution in [2.75, 3.05) is 38.1 Å². The second kappa shape index (κ2) is 8.47. The van der Waals surface area contributed by atoms with Crippen LogP contribution in [-0.4, -0.2) is 44.7 Å². The molecule has 2 heterocycles. The van der Waals surface area contributed by atoms with E-state index in [0.29, 0.717) is 58.0 Å². The van der Waals surface area contributed by atoms with Gasteiger partial charge in [0.1, 0.15) is 4.88 Å². The molecular weight excluding hydrogens is 382 g/mol. The van der Waals surface area contributed by atoms with Crippen LogP contribution in [0.15, 0.2) is 12.1 Å². The van der Waals surface area contributed by atoms with Crippen molar-refractivity contribution in [2.24, 2.45) is 0 Å². The number of hydrogen-bond donors (Lipinski definition) is 1. The molecule has 28 heavy (non-hydrogen) atoms. The zero-order chi connectivity index (χ0) is 20.3. The van der Waals surface area contributed by atoms with E-state index >= 15 is 0 Å². The van der Waals surface area contributed by atoms with Crippen LogP contribution in [0.2, 0.25) is 0 Å². The predicted octanol–water partition coefficient (Wildman–Crippen LogP) is 3.11. The number of thiazole rings is 1. The molecule has 0 radical (unpaired) electrons. The molecule has 150 valence electrons. The number of ether oxygens (including phenoxy) is 3. The molecule has 3 rings (SSSR count). The molecule has 0 saturated carbocycles. The number of aryl methyl sites for hydroxylation is 1. The van der Waals surface area contributed by atoms with Gasteiger partial charge in [-0.15, -0.1) is 0 Å². The molecule has 1 aliphatic rings. The van der Waals surface area contributed by atoms with E-state index in [0.717, 1.165) is 6.42 Å². The van der Waals surface area contributed by atoms with E-state index < -0.39 is 0 Å². The fraction of sp³-hybridized carbons (Fsp3) is 0.421. The molecule has 0 unspecified atom stereocenters. The zero-order valence-corrected chi connectivity index (χ0v) is 17.1. The number of anilines is 2. The number of aromatic nitrogens is 1. The van der Waals surface area contributed by atoms with Crippen LogP contribution in [0.25, 0.3) is 0 Å². The van der Waals surface area contributed by atoms with E-state index in [9.17, 15) is 9.59 Å². The summed E-state index contributed by atoms with van der Waals surface area (Å²) in [4.78, 5) is 31.6. The molecule has 8 nitrogen and oxygen atoms in total. The van der Waals surface area contributed by atoms with Gasteiger partial charge in [-0.2, -0.15) is 0 Å². The lowest BCUT2D eigenvalue weighted by Crippen LogP contribution is -2.23. The second-order valence-corrected chi connectivity index (χ2v) is 7.12. The number of rotatable bonds is 7. The summed E-state index contributed by atoms with van der Waals surface area (Å²) in [7, 11) is 4.55. The maximum Gasteiger partial charge on any atom is 0.267 e. The third-order valence-corrected chi connectivity index (χ3v) is 5.57. The minimum absolute atomic E-state index is 0.0491. The molecular formula is C19H23N3O5S. The maximum absolute atomic E-state index is 12.9.